The molecule has 2 rings (SSSR count). The van der Waals surface area contributed by atoms with Crippen LogP contribution in [0.5, 0.6) is 5.75 Å². The Bertz CT molecular complexity index is 405. The van der Waals surface area contributed by atoms with E-state index in [9.17, 15) is 10.2 Å². The number of phenols is 1. The number of phenolic OH excluding ortho intramolecular Hbond substituents is 1. The van der Waals surface area contributed by atoms with Gasteiger partial charge in [-0.25, -0.2) is 0 Å². The maximum atomic E-state index is 10.3. The Hall–Kier alpha value is -0.770. The van der Waals surface area contributed by atoms with Crippen molar-refractivity contribution >= 4 is 11.6 Å². The van der Waals surface area contributed by atoms with Crippen LogP contribution in [0.3, 0.4) is 0 Å². The molecule has 100 valence electrons. The highest BCUT2D eigenvalue weighted by Crippen LogP contribution is 2.30. The monoisotopic (exact) mass is 269 g/mol. The maximum Gasteiger partial charge on any atom is 0.134 e. The molecular weight excluding hydrogens is 250 g/mol. The van der Waals surface area contributed by atoms with Crippen LogP contribution in [0, 0.1) is 5.92 Å². The molecule has 1 saturated heterocycles. The van der Waals surface area contributed by atoms with Crippen LogP contribution in [0.2, 0.25) is 5.02 Å². The molecule has 0 spiro atoms. The summed E-state index contributed by atoms with van der Waals surface area (Å²) in [6, 6.07) is 4.90. The predicted octanol–water partition coefficient (Wildman–Crippen LogP) is 2.81. The van der Waals surface area contributed by atoms with E-state index in [0.29, 0.717) is 5.02 Å². The van der Waals surface area contributed by atoms with Gasteiger partial charge < -0.3 is 15.1 Å². The maximum absolute atomic E-state index is 10.3. The lowest BCUT2D eigenvalue weighted by atomic mass is 9.97. The van der Waals surface area contributed by atoms with Gasteiger partial charge in [0, 0.05) is 6.54 Å². The first-order chi connectivity index (χ1) is 8.58. The summed E-state index contributed by atoms with van der Waals surface area (Å²) in [4.78, 5) is 2.38. The van der Waals surface area contributed by atoms with Crippen LogP contribution in [0.25, 0.3) is 0 Å². The highest BCUT2D eigenvalue weighted by molar-refractivity contribution is 6.32. The van der Waals surface area contributed by atoms with Crippen molar-refractivity contribution in [1.29, 1.82) is 0 Å². The Morgan fingerprint density at radius 1 is 1.33 bits per heavy atom. The van der Waals surface area contributed by atoms with E-state index < -0.39 is 6.10 Å². The van der Waals surface area contributed by atoms with Crippen molar-refractivity contribution in [2.24, 2.45) is 5.92 Å². The third-order valence-electron chi connectivity index (χ3n) is 3.60. The largest absolute Gasteiger partial charge is 0.506 e. The van der Waals surface area contributed by atoms with Crippen molar-refractivity contribution in [1.82, 2.24) is 4.90 Å². The first-order valence-corrected chi connectivity index (χ1v) is 6.84. The van der Waals surface area contributed by atoms with Crippen LogP contribution in [-0.4, -0.2) is 34.7 Å². The molecule has 1 heterocycles. The molecular formula is C14H20ClNO2. The fourth-order valence-electron chi connectivity index (χ4n) is 2.51. The SMILES string of the molecule is C[C@H](CN1CCCC1)C(O)c1ccc(O)c(Cl)c1. The van der Waals surface area contributed by atoms with Gasteiger partial charge in [-0.05, 0) is 49.5 Å². The van der Waals surface area contributed by atoms with Crippen molar-refractivity contribution in [2.75, 3.05) is 19.6 Å². The van der Waals surface area contributed by atoms with E-state index in [0.717, 1.165) is 25.2 Å². The molecule has 1 unspecified atom stereocenters. The summed E-state index contributed by atoms with van der Waals surface area (Å²) >= 11 is 5.86. The van der Waals surface area contributed by atoms with E-state index >= 15 is 0 Å². The molecule has 18 heavy (non-hydrogen) atoms. The molecule has 1 fully saturated rings. The third kappa shape index (κ3) is 3.16. The minimum Gasteiger partial charge on any atom is -0.506 e. The van der Waals surface area contributed by atoms with Crippen LogP contribution in [-0.2, 0) is 0 Å². The van der Waals surface area contributed by atoms with E-state index in [-0.39, 0.29) is 11.7 Å². The van der Waals surface area contributed by atoms with Gasteiger partial charge in [-0.1, -0.05) is 24.6 Å². The zero-order valence-electron chi connectivity index (χ0n) is 10.6. The molecule has 2 N–H and O–H groups in total. The van der Waals surface area contributed by atoms with E-state index in [4.69, 9.17) is 11.6 Å². The first-order valence-electron chi connectivity index (χ1n) is 6.47. The standard InChI is InChI=1S/C14H20ClNO2/c1-10(9-16-6-2-3-7-16)14(18)11-4-5-13(17)12(15)8-11/h4-5,8,10,14,17-18H,2-3,6-7,9H2,1H3/t10-,14?/m1/s1. The molecule has 3 nitrogen and oxygen atoms in total. The number of rotatable bonds is 4. The van der Waals surface area contributed by atoms with Crippen molar-refractivity contribution in [3.8, 4) is 5.75 Å². The van der Waals surface area contributed by atoms with Gasteiger partial charge in [0.1, 0.15) is 5.75 Å². The van der Waals surface area contributed by atoms with Crippen molar-refractivity contribution in [3.05, 3.63) is 28.8 Å². The summed E-state index contributed by atoms with van der Waals surface area (Å²) < 4.78 is 0. The summed E-state index contributed by atoms with van der Waals surface area (Å²) in [5.74, 6) is 0.212. The average Bonchev–Trinajstić information content (AvgIpc) is 2.84. The van der Waals surface area contributed by atoms with Gasteiger partial charge in [-0.15, -0.1) is 0 Å². The van der Waals surface area contributed by atoms with Crippen LogP contribution in [0.15, 0.2) is 18.2 Å². The Morgan fingerprint density at radius 3 is 2.61 bits per heavy atom. The molecule has 0 bridgehead atoms. The normalized spacial score (nSPS) is 19.9. The van der Waals surface area contributed by atoms with Crippen molar-refractivity contribution in [2.45, 2.75) is 25.9 Å². The Balaban J connectivity index is 2.00. The minimum atomic E-state index is -0.538. The fourth-order valence-corrected chi connectivity index (χ4v) is 2.70. The molecule has 0 aliphatic carbocycles. The third-order valence-corrected chi connectivity index (χ3v) is 3.90. The molecule has 0 saturated carbocycles. The van der Waals surface area contributed by atoms with Crippen LogP contribution in [0.4, 0.5) is 0 Å². The Morgan fingerprint density at radius 2 is 2.00 bits per heavy atom. The number of aromatic hydroxyl groups is 1. The smallest absolute Gasteiger partial charge is 0.134 e. The van der Waals surface area contributed by atoms with Gasteiger partial charge in [0.2, 0.25) is 0 Å². The molecule has 1 aromatic rings. The number of halogens is 1. The average molecular weight is 270 g/mol. The number of likely N-dealkylation sites (tertiary alicyclic amines) is 1. The van der Waals surface area contributed by atoms with Gasteiger partial charge in [0.15, 0.2) is 0 Å². The zero-order valence-corrected chi connectivity index (χ0v) is 11.4. The number of aliphatic hydroxyl groups is 1. The molecule has 0 radical (unpaired) electrons. The Labute approximate surface area is 113 Å². The predicted molar refractivity (Wildman–Crippen MR) is 72.9 cm³/mol. The quantitative estimate of drug-likeness (QED) is 0.883. The van der Waals surface area contributed by atoms with Crippen molar-refractivity contribution in [3.63, 3.8) is 0 Å². The molecule has 1 aliphatic heterocycles. The van der Waals surface area contributed by atoms with E-state index in [1.807, 2.05) is 6.92 Å². The number of hydrogen-bond acceptors (Lipinski definition) is 3. The molecule has 2 atom stereocenters. The van der Waals surface area contributed by atoms with Gasteiger partial charge in [0.05, 0.1) is 11.1 Å². The van der Waals surface area contributed by atoms with Gasteiger partial charge >= 0.3 is 0 Å². The van der Waals surface area contributed by atoms with Gasteiger partial charge in [-0.2, -0.15) is 0 Å². The van der Waals surface area contributed by atoms with E-state index in [1.165, 1.54) is 18.9 Å². The van der Waals surface area contributed by atoms with Crippen LogP contribution >= 0.6 is 11.6 Å². The van der Waals surface area contributed by atoms with Gasteiger partial charge in [-0.3, -0.25) is 0 Å². The number of aliphatic hydroxyl groups excluding tert-OH is 1. The number of hydrogen-bond donors (Lipinski definition) is 2. The molecule has 1 aromatic carbocycles. The summed E-state index contributed by atoms with van der Waals surface area (Å²) in [6.07, 6.45) is 1.98. The first kappa shape index (κ1) is 13.7. The van der Waals surface area contributed by atoms with Crippen LogP contribution in [0.1, 0.15) is 31.4 Å². The molecule has 0 aromatic heterocycles. The lowest BCUT2D eigenvalue weighted by Gasteiger charge is -2.24. The van der Waals surface area contributed by atoms with Gasteiger partial charge in [0.25, 0.3) is 0 Å². The number of nitrogens with zero attached hydrogens (tertiary/aromatic N) is 1. The van der Waals surface area contributed by atoms with Crippen LogP contribution < -0.4 is 0 Å². The van der Waals surface area contributed by atoms with E-state index in [1.54, 1.807) is 12.1 Å². The summed E-state index contributed by atoms with van der Waals surface area (Å²) in [5.41, 5.74) is 0.768. The summed E-state index contributed by atoms with van der Waals surface area (Å²) in [7, 11) is 0. The Kier molecular flexibility index (Phi) is 4.49. The minimum absolute atomic E-state index is 0.0554. The molecule has 4 heteroatoms. The lowest BCUT2D eigenvalue weighted by molar-refractivity contribution is 0.0945. The highest BCUT2D eigenvalue weighted by Gasteiger charge is 2.21. The second kappa shape index (κ2) is 5.91. The highest BCUT2D eigenvalue weighted by atomic mass is 35.5. The summed E-state index contributed by atoms with van der Waals surface area (Å²) in [5, 5.41) is 20.0. The second-order valence-electron chi connectivity index (χ2n) is 5.14. The topological polar surface area (TPSA) is 43.7 Å². The second-order valence-corrected chi connectivity index (χ2v) is 5.55. The molecule has 0 amide bonds. The van der Waals surface area contributed by atoms with E-state index in [2.05, 4.69) is 4.90 Å². The van der Waals surface area contributed by atoms with Crippen molar-refractivity contribution < 1.29 is 10.2 Å². The lowest BCUT2D eigenvalue weighted by Crippen LogP contribution is -2.28. The zero-order chi connectivity index (χ0) is 13.1. The summed E-state index contributed by atoms with van der Waals surface area (Å²) in [6.45, 7) is 5.21. The molecule has 1 aliphatic rings. The number of benzene rings is 1. The fraction of sp³-hybridized carbons (Fsp3) is 0.571.